The Morgan fingerprint density at radius 3 is 2.73 bits per heavy atom. The van der Waals surface area contributed by atoms with Crippen molar-refractivity contribution in [2.24, 2.45) is 7.05 Å². The molecule has 182 valence electrons. The zero-order chi connectivity index (χ0) is 25.3. The van der Waals surface area contributed by atoms with Crippen LogP contribution in [0.3, 0.4) is 0 Å². The normalized spacial score (nSPS) is 12.7. The summed E-state index contributed by atoms with van der Waals surface area (Å²) in [5.74, 6) is 0.363. The van der Waals surface area contributed by atoms with Gasteiger partial charge in [-0.1, -0.05) is 35.6 Å². The van der Waals surface area contributed by atoms with Gasteiger partial charge in [-0.05, 0) is 25.1 Å². The van der Waals surface area contributed by atoms with Crippen LogP contribution in [0.5, 0.6) is 0 Å². The Balaban J connectivity index is 1.43. The van der Waals surface area contributed by atoms with Crippen molar-refractivity contribution in [1.82, 2.24) is 44.3 Å². The monoisotopic (exact) mass is 507 g/mol. The van der Waals surface area contributed by atoms with Gasteiger partial charge in [-0.3, -0.25) is 4.68 Å². The van der Waals surface area contributed by atoms with E-state index in [0.717, 1.165) is 38.1 Å². The van der Waals surface area contributed by atoms with Gasteiger partial charge in [0.2, 0.25) is 0 Å². The van der Waals surface area contributed by atoms with E-state index in [0.29, 0.717) is 27.7 Å². The fraction of sp³-hybridized carbons (Fsp3) is 0.120. The highest BCUT2D eigenvalue weighted by molar-refractivity contribution is 7.22. The van der Waals surface area contributed by atoms with Gasteiger partial charge in [0.25, 0.3) is 0 Å². The number of thiazole rings is 1. The second-order valence-electron chi connectivity index (χ2n) is 8.85. The molecule has 0 saturated carbocycles. The summed E-state index contributed by atoms with van der Waals surface area (Å²) in [6.45, 7) is 2.06. The molecule has 4 N–H and O–H groups in total. The molecule has 7 aromatic rings. The molecule has 0 saturated heterocycles. The molecule has 1 atom stereocenters. The first-order valence-corrected chi connectivity index (χ1v) is 12.4. The third kappa shape index (κ3) is 3.26. The smallest absolute Gasteiger partial charge is 0.181 e. The Labute approximate surface area is 214 Å². The number of benzene rings is 2. The molecule has 0 spiro atoms. The highest BCUT2D eigenvalue weighted by Crippen LogP contribution is 2.36. The lowest BCUT2D eigenvalue weighted by atomic mass is 10.1. The molecule has 0 fully saturated rings. The largest absolute Gasteiger partial charge is 0.383 e. The Morgan fingerprint density at radius 2 is 1.89 bits per heavy atom. The molecule has 0 amide bonds. The van der Waals surface area contributed by atoms with E-state index in [1.807, 2.05) is 59.0 Å². The summed E-state index contributed by atoms with van der Waals surface area (Å²) in [5, 5.41) is 16.6. The van der Waals surface area contributed by atoms with Crippen molar-refractivity contribution in [3.05, 3.63) is 66.9 Å². The molecule has 5 heterocycles. The Bertz CT molecular complexity index is 1960. The maximum atomic E-state index is 6.37. The lowest BCUT2D eigenvalue weighted by molar-refractivity contribution is 0.564. The zero-order valence-corrected chi connectivity index (χ0v) is 20.8. The minimum absolute atomic E-state index is 0.257. The van der Waals surface area contributed by atoms with Gasteiger partial charge in [-0.2, -0.15) is 15.3 Å². The van der Waals surface area contributed by atoms with Gasteiger partial charge < -0.3 is 11.5 Å². The summed E-state index contributed by atoms with van der Waals surface area (Å²) in [4.78, 5) is 13.3. The number of aromatic nitrogens is 9. The van der Waals surface area contributed by atoms with Crippen LogP contribution in [-0.4, -0.2) is 44.3 Å². The number of nitrogens with two attached hydrogens (primary N) is 2. The van der Waals surface area contributed by atoms with Crippen LogP contribution >= 0.6 is 11.3 Å². The molecule has 0 aliphatic rings. The maximum absolute atomic E-state index is 6.37. The van der Waals surface area contributed by atoms with Gasteiger partial charge >= 0.3 is 0 Å². The number of aryl methyl sites for hydroxylation is 1. The summed E-state index contributed by atoms with van der Waals surface area (Å²) >= 11 is 1.45. The van der Waals surface area contributed by atoms with Crippen molar-refractivity contribution in [3.8, 4) is 16.9 Å². The molecule has 37 heavy (non-hydrogen) atoms. The molecular formula is C25H21N11S. The molecular weight excluding hydrogens is 486 g/mol. The Hall–Kier alpha value is -4.84. The molecule has 0 aliphatic carbocycles. The summed E-state index contributed by atoms with van der Waals surface area (Å²) in [5.41, 5.74) is 18.0. The number of anilines is 2. The topological polar surface area (TPSA) is 144 Å². The summed E-state index contributed by atoms with van der Waals surface area (Å²) in [7, 11) is 1.89. The van der Waals surface area contributed by atoms with Crippen molar-refractivity contribution in [1.29, 1.82) is 0 Å². The van der Waals surface area contributed by atoms with E-state index in [1.165, 1.54) is 17.7 Å². The SMILES string of the molecule is CC(c1nn(-c2cnn(C)c2)c2ccccc12)n1nc(-c2ccc3sc(N)nc3c2)c2c(N)ncnc21. The highest BCUT2D eigenvalue weighted by atomic mass is 32.1. The second-order valence-corrected chi connectivity index (χ2v) is 9.91. The van der Waals surface area contributed by atoms with Crippen LogP contribution in [-0.2, 0) is 7.05 Å². The lowest BCUT2D eigenvalue weighted by Crippen LogP contribution is -2.11. The number of para-hydroxylation sites is 1. The first-order valence-electron chi connectivity index (χ1n) is 11.6. The van der Waals surface area contributed by atoms with Crippen molar-refractivity contribution in [3.63, 3.8) is 0 Å². The fourth-order valence-electron chi connectivity index (χ4n) is 4.79. The standard InChI is InChI=1S/C25H21N11S/c1-13(21-16-5-3-4-6-18(16)36(32-21)15-10-30-34(2)11-15)35-24-20(23(26)28-12-29-24)22(33-35)14-7-8-19-17(9-14)31-25(27)37-19/h3-13H,1-2H3,(H2,27,31)(H2,26,28,29). The maximum Gasteiger partial charge on any atom is 0.181 e. The van der Waals surface area contributed by atoms with Gasteiger partial charge in [0.05, 0.1) is 45.2 Å². The molecule has 0 bridgehead atoms. The number of hydrogen-bond acceptors (Lipinski definition) is 9. The molecule has 0 aliphatic heterocycles. The van der Waals surface area contributed by atoms with E-state index >= 15 is 0 Å². The molecule has 7 rings (SSSR count). The molecule has 5 aromatic heterocycles. The molecule has 2 aromatic carbocycles. The van der Waals surface area contributed by atoms with Crippen molar-refractivity contribution in [2.45, 2.75) is 13.0 Å². The fourth-order valence-corrected chi connectivity index (χ4v) is 5.50. The van der Waals surface area contributed by atoms with Crippen LogP contribution in [0.25, 0.3) is 49.1 Å². The van der Waals surface area contributed by atoms with E-state index in [1.54, 1.807) is 10.9 Å². The van der Waals surface area contributed by atoms with Gasteiger partial charge in [0.1, 0.15) is 23.5 Å². The molecule has 12 heteroatoms. The molecule has 0 radical (unpaired) electrons. The average molecular weight is 508 g/mol. The lowest BCUT2D eigenvalue weighted by Gasteiger charge is -2.11. The minimum Gasteiger partial charge on any atom is -0.383 e. The summed E-state index contributed by atoms with van der Waals surface area (Å²) < 4.78 is 6.54. The quantitative estimate of drug-likeness (QED) is 0.364. The predicted octanol–water partition coefficient (Wildman–Crippen LogP) is 3.95. The minimum atomic E-state index is -0.257. The van der Waals surface area contributed by atoms with E-state index < -0.39 is 0 Å². The van der Waals surface area contributed by atoms with E-state index in [9.17, 15) is 0 Å². The third-order valence-corrected chi connectivity index (χ3v) is 7.38. The van der Waals surface area contributed by atoms with E-state index in [4.69, 9.17) is 21.7 Å². The van der Waals surface area contributed by atoms with Gasteiger partial charge in [0.15, 0.2) is 10.8 Å². The van der Waals surface area contributed by atoms with E-state index in [-0.39, 0.29) is 6.04 Å². The van der Waals surface area contributed by atoms with Gasteiger partial charge in [0, 0.05) is 18.0 Å². The van der Waals surface area contributed by atoms with Crippen LogP contribution in [0.2, 0.25) is 0 Å². The average Bonchev–Trinajstić information content (AvgIpc) is 3.66. The Kier molecular flexibility index (Phi) is 4.54. The number of rotatable bonds is 4. The Morgan fingerprint density at radius 1 is 1.03 bits per heavy atom. The third-order valence-electron chi connectivity index (χ3n) is 6.51. The van der Waals surface area contributed by atoms with Crippen molar-refractivity contribution in [2.75, 3.05) is 11.5 Å². The predicted molar refractivity (Wildman–Crippen MR) is 144 cm³/mol. The van der Waals surface area contributed by atoms with E-state index in [2.05, 4.69) is 33.0 Å². The first kappa shape index (κ1) is 21.4. The van der Waals surface area contributed by atoms with Crippen LogP contribution in [0.1, 0.15) is 18.7 Å². The number of fused-ring (bicyclic) bond motifs is 3. The van der Waals surface area contributed by atoms with Crippen LogP contribution in [0.15, 0.2) is 61.2 Å². The number of hydrogen-bond donors (Lipinski definition) is 2. The summed E-state index contributed by atoms with van der Waals surface area (Å²) in [6.07, 6.45) is 5.19. The molecule has 1 unspecified atom stereocenters. The second kappa shape index (κ2) is 7.83. The van der Waals surface area contributed by atoms with Crippen LogP contribution in [0.4, 0.5) is 10.9 Å². The summed E-state index contributed by atoms with van der Waals surface area (Å²) in [6, 6.07) is 13.8. The zero-order valence-electron chi connectivity index (χ0n) is 19.9. The molecule has 11 nitrogen and oxygen atoms in total. The van der Waals surface area contributed by atoms with Gasteiger partial charge in [-0.15, -0.1) is 0 Å². The van der Waals surface area contributed by atoms with Crippen molar-refractivity contribution >= 4 is 54.4 Å². The first-order chi connectivity index (χ1) is 18.0. The number of nitrogen functional groups attached to an aromatic ring is 2. The number of nitrogens with zero attached hydrogens (tertiary/aromatic N) is 9. The van der Waals surface area contributed by atoms with Crippen molar-refractivity contribution < 1.29 is 0 Å². The van der Waals surface area contributed by atoms with Crippen LogP contribution < -0.4 is 11.5 Å². The van der Waals surface area contributed by atoms with Crippen LogP contribution in [0, 0.1) is 0 Å². The highest BCUT2D eigenvalue weighted by Gasteiger charge is 2.25. The van der Waals surface area contributed by atoms with Gasteiger partial charge in [-0.25, -0.2) is 24.3 Å².